The summed E-state index contributed by atoms with van der Waals surface area (Å²) in [4.78, 5) is 27.7. The van der Waals surface area contributed by atoms with Gasteiger partial charge in [-0.15, -0.1) is 0 Å². The Kier molecular flexibility index (Phi) is 4.07. The molecular weight excluding hydrogens is 298 g/mol. The summed E-state index contributed by atoms with van der Waals surface area (Å²) >= 11 is 0. The van der Waals surface area contributed by atoms with Crippen LogP contribution in [0.25, 0.3) is 17.2 Å². The number of carboxylic acid groups (broad SMARTS) is 1. The largest absolute Gasteiger partial charge is 0.476 e. The highest BCUT2D eigenvalue weighted by molar-refractivity contribution is 5.85. The van der Waals surface area contributed by atoms with Crippen LogP contribution in [0.3, 0.4) is 0 Å². The molecule has 0 saturated carbocycles. The van der Waals surface area contributed by atoms with E-state index in [9.17, 15) is 4.79 Å². The van der Waals surface area contributed by atoms with Crippen LogP contribution in [0.4, 0.5) is 0 Å². The van der Waals surface area contributed by atoms with Crippen molar-refractivity contribution in [3.63, 3.8) is 0 Å². The molecule has 0 radical (unpaired) electrons. The van der Waals surface area contributed by atoms with E-state index in [0.29, 0.717) is 23.9 Å². The minimum atomic E-state index is -1.09. The zero-order chi connectivity index (χ0) is 16.2. The van der Waals surface area contributed by atoms with Crippen LogP contribution in [-0.4, -0.2) is 42.7 Å². The van der Waals surface area contributed by atoms with Gasteiger partial charge in [-0.3, -0.25) is 9.55 Å². The third-order valence-electron chi connectivity index (χ3n) is 3.06. The molecule has 3 aromatic heterocycles. The van der Waals surface area contributed by atoms with Crippen LogP contribution in [0.2, 0.25) is 0 Å². The number of rotatable bonds is 5. The minimum Gasteiger partial charge on any atom is -0.476 e. The Balaban J connectivity index is 2.08. The number of aromatic carboxylic acids is 1. The number of carboxylic acids is 1. The van der Waals surface area contributed by atoms with Crippen molar-refractivity contribution in [3.05, 3.63) is 54.5 Å². The van der Waals surface area contributed by atoms with E-state index in [2.05, 4.69) is 19.9 Å². The first-order valence-corrected chi connectivity index (χ1v) is 6.72. The minimum absolute atomic E-state index is 0.0534. The molecule has 3 heterocycles. The van der Waals surface area contributed by atoms with Gasteiger partial charge in [-0.1, -0.05) is 0 Å². The lowest BCUT2D eigenvalue weighted by atomic mass is 10.2. The van der Waals surface area contributed by atoms with E-state index < -0.39 is 5.97 Å². The summed E-state index contributed by atoms with van der Waals surface area (Å²) in [5, 5.41) is 8.98. The first-order chi connectivity index (χ1) is 11.2. The van der Waals surface area contributed by atoms with Crippen molar-refractivity contribution in [1.82, 2.24) is 24.5 Å². The molecule has 0 unspecified atom stereocenters. The fourth-order valence-electron chi connectivity index (χ4n) is 2.03. The lowest BCUT2D eigenvalue weighted by Crippen LogP contribution is -2.03. The Hall–Kier alpha value is -3.13. The van der Waals surface area contributed by atoms with Crippen molar-refractivity contribution >= 4 is 5.97 Å². The monoisotopic (exact) mass is 311 g/mol. The second kappa shape index (κ2) is 6.32. The van der Waals surface area contributed by atoms with Gasteiger partial charge in [0.1, 0.15) is 12.1 Å². The number of aromatic nitrogens is 5. The van der Waals surface area contributed by atoms with Gasteiger partial charge >= 0.3 is 5.97 Å². The van der Waals surface area contributed by atoms with E-state index >= 15 is 0 Å². The van der Waals surface area contributed by atoms with E-state index in [-0.39, 0.29) is 5.69 Å². The third-order valence-corrected chi connectivity index (χ3v) is 3.06. The smallest absolute Gasteiger partial charge is 0.356 e. The Labute approximate surface area is 131 Å². The number of imidazole rings is 1. The molecule has 0 spiro atoms. The molecule has 8 heteroatoms. The van der Waals surface area contributed by atoms with Gasteiger partial charge in [-0.2, -0.15) is 0 Å². The molecule has 0 aliphatic carbocycles. The van der Waals surface area contributed by atoms with Crippen LogP contribution in [0.1, 0.15) is 16.2 Å². The Morgan fingerprint density at radius 1 is 1.30 bits per heavy atom. The first kappa shape index (κ1) is 14.8. The lowest BCUT2D eigenvalue weighted by Gasteiger charge is -2.08. The highest BCUT2D eigenvalue weighted by atomic mass is 16.5. The number of pyridine rings is 1. The summed E-state index contributed by atoms with van der Waals surface area (Å²) in [7, 11) is 1.58. The highest BCUT2D eigenvalue weighted by Gasteiger charge is 2.12. The van der Waals surface area contributed by atoms with Crippen molar-refractivity contribution < 1.29 is 14.6 Å². The molecule has 116 valence electrons. The molecule has 0 atom stereocenters. The number of hydrogen-bond donors (Lipinski definition) is 1. The molecule has 23 heavy (non-hydrogen) atoms. The van der Waals surface area contributed by atoms with Crippen LogP contribution < -0.4 is 0 Å². The van der Waals surface area contributed by atoms with Gasteiger partial charge in [0.05, 0.1) is 12.3 Å². The average molecular weight is 311 g/mol. The summed E-state index contributed by atoms with van der Waals surface area (Å²) in [5.41, 5.74) is 1.43. The maximum absolute atomic E-state index is 11.0. The van der Waals surface area contributed by atoms with E-state index in [1.54, 1.807) is 37.7 Å². The van der Waals surface area contributed by atoms with Gasteiger partial charge in [0.25, 0.3) is 0 Å². The molecule has 0 aliphatic heterocycles. The lowest BCUT2D eigenvalue weighted by molar-refractivity contribution is 0.0691. The SMILES string of the molecule is COCc1cc(-n2cnc(C(=O)O)c2)nc(-c2ccncc2)n1. The summed E-state index contributed by atoms with van der Waals surface area (Å²) in [6.07, 6.45) is 6.11. The fourth-order valence-corrected chi connectivity index (χ4v) is 2.03. The second-order valence-electron chi connectivity index (χ2n) is 4.68. The summed E-state index contributed by atoms with van der Waals surface area (Å²) in [5.74, 6) is -0.0781. The fraction of sp³-hybridized carbons (Fsp3) is 0.133. The average Bonchev–Trinajstić information content (AvgIpc) is 3.06. The Morgan fingerprint density at radius 2 is 2.09 bits per heavy atom. The summed E-state index contributed by atoms with van der Waals surface area (Å²) in [6.45, 7) is 0.314. The van der Waals surface area contributed by atoms with Crippen molar-refractivity contribution in [1.29, 1.82) is 0 Å². The molecule has 0 aliphatic rings. The van der Waals surface area contributed by atoms with Crippen molar-refractivity contribution in [2.24, 2.45) is 0 Å². The number of nitrogens with zero attached hydrogens (tertiary/aromatic N) is 5. The van der Waals surface area contributed by atoms with E-state index in [0.717, 1.165) is 5.56 Å². The zero-order valence-corrected chi connectivity index (χ0v) is 12.2. The number of hydrogen-bond acceptors (Lipinski definition) is 6. The van der Waals surface area contributed by atoms with Crippen molar-refractivity contribution in [3.8, 4) is 17.2 Å². The highest BCUT2D eigenvalue weighted by Crippen LogP contribution is 2.17. The Morgan fingerprint density at radius 3 is 2.74 bits per heavy atom. The molecule has 3 rings (SSSR count). The third kappa shape index (κ3) is 3.22. The van der Waals surface area contributed by atoms with Crippen LogP contribution >= 0.6 is 0 Å². The van der Waals surface area contributed by atoms with Crippen LogP contribution in [0.15, 0.2) is 43.1 Å². The van der Waals surface area contributed by atoms with Gasteiger partial charge in [-0.25, -0.2) is 19.7 Å². The van der Waals surface area contributed by atoms with Gasteiger partial charge in [0.2, 0.25) is 0 Å². The number of methoxy groups -OCH3 is 1. The summed E-state index contributed by atoms with van der Waals surface area (Å²) < 4.78 is 6.67. The second-order valence-corrected chi connectivity index (χ2v) is 4.68. The molecule has 0 fully saturated rings. The van der Waals surface area contributed by atoms with E-state index in [1.807, 2.05) is 0 Å². The predicted molar refractivity (Wildman–Crippen MR) is 80.1 cm³/mol. The Bertz CT molecular complexity index is 832. The number of ether oxygens (including phenoxy) is 1. The van der Waals surface area contributed by atoms with Crippen molar-refractivity contribution in [2.75, 3.05) is 7.11 Å². The molecule has 3 aromatic rings. The topological polar surface area (TPSA) is 103 Å². The zero-order valence-electron chi connectivity index (χ0n) is 12.2. The standard InChI is InChI=1S/C15H13N5O3/c1-23-8-11-6-13(20-7-12(15(21)22)17-9-20)19-14(18-11)10-2-4-16-5-3-10/h2-7,9H,8H2,1H3,(H,21,22). The van der Waals surface area contributed by atoms with Gasteiger partial charge in [0.15, 0.2) is 11.5 Å². The van der Waals surface area contributed by atoms with Crippen molar-refractivity contribution in [2.45, 2.75) is 6.61 Å². The van der Waals surface area contributed by atoms with Gasteiger partial charge in [-0.05, 0) is 12.1 Å². The molecular formula is C15H13N5O3. The van der Waals surface area contributed by atoms with E-state index in [1.165, 1.54) is 17.1 Å². The van der Waals surface area contributed by atoms with Crippen LogP contribution in [0.5, 0.6) is 0 Å². The van der Waals surface area contributed by atoms with Crippen LogP contribution in [0, 0.1) is 0 Å². The quantitative estimate of drug-likeness (QED) is 0.762. The molecule has 0 bridgehead atoms. The van der Waals surface area contributed by atoms with E-state index in [4.69, 9.17) is 9.84 Å². The molecule has 0 saturated heterocycles. The van der Waals surface area contributed by atoms with Crippen LogP contribution in [-0.2, 0) is 11.3 Å². The van der Waals surface area contributed by atoms with Gasteiger partial charge in [0, 0.05) is 37.3 Å². The maximum atomic E-state index is 11.0. The normalized spacial score (nSPS) is 10.7. The molecule has 8 nitrogen and oxygen atoms in total. The molecule has 0 amide bonds. The molecule has 0 aromatic carbocycles. The first-order valence-electron chi connectivity index (χ1n) is 6.72. The number of carbonyl (C=O) groups is 1. The maximum Gasteiger partial charge on any atom is 0.356 e. The molecule has 1 N–H and O–H groups in total. The predicted octanol–water partition coefficient (Wildman–Crippen LogP) is 1.57. The summed E-state index contributed by atoms with van der Waals surface area (Å²) in [6, 6.07) is 5.32. The van der Waals surface area contributed by atoms with Gasteiger partial charge < -0.3 is 9.84 Å².